The molecule has 5 rings (SSSR count). The SMILES string of the molecule is CC(C)n1c(=O)c2cnc(Nc3ccc4c(c3)CNCC4)nc2n1-c1ccnc(NC(N)=O)c1. The predicted octanol–water partition coefficient (Wildman–Crippen LogP) is 2.44. The molecular weight excluding hydrogens is 434 g/mol. The largest absolute Gasteiger partial charge is 0.351 e. The van der Waals surface area contributed by atoms with Crippen LogP contribution in [0.15, 0.2) is 47.5 Å². The molecule has 1 aliphatic heterocycles. The van der Waals surface area contributed by atoms with Crippen molar-refractivity contribution in [2.75, 3.05) is 17.2 Å². The second-order valence-corrected chi connectivity index (χ2v) is 8.41. The number of nitrogens with zero attached hydrogens (tertiary/aromatic N) is 5. The van der Waals surface area contributed by atoms with Crippen molar-refractivity contribution in [1.82, 2.24) is 29.6 Å². The van der Waals surface area contributed by atoms with Crippen molar-refractivity contribution >= 4 is 34.5 Å². The number of primary amides is 1. The highest BCUT2D eigenvalue weighted by molar-refractivity contribution is 5.87. The van der Waals surface area contributed by atoms with Crippen LogP contribution < -0.4 is 27.2 Å². The number of carbonyl (C=O) groups excluding carboxylic acids is 1. The van der Waals surface area contributed by atoms with E-state index in [1.54, 1.807) is 21.5 Å². The van der Waals surface area contributed by atoms with E-state index in [1.165, 1.54) is 23.5 Å². The van der Waals surface area contributed by atoms with E-state index in [1.807, 2.05) is 19.9 Å². The molecule has 0 radical (unpaired) electrons. The molecule has 11 heteroatoms. The van der Waals surface area contributed by atoms with Gasteiger partial charge in [0.25, 0.3) is 5.56 Å². The number of amides is 2. The number of nitrogens with one attached hydrogen (secondary N) is 3. The maximum atomic E-state index is 13.2. The van der Waals surface area contributed by atoms with Crippen molar-refractivity contribution in [3.63, 3.8) is 0 Å². The van der Waals surface area contributed by atoms with E-state index in [2.05, 4.69) is 43.0 Å². The zero-order valence-corrected chi connectivity index (χ0v) is 18.9. The summed E-state index contributed by atoms with van der Waals surface area (Å²) in [5.41, 5.74) is 9.51. The molecule has 4 heterocycles. The molecule has 0 spiro atoms. The summed E-state index contributed by atoms with van der Waals surface area (Å²) in [6.45, 7) is 5.63. The fourth-order valence-electron chi connectivity index (χ4n) is 4.21. The Bertz CT molecular complexity index is 1450. The van der Waals surface area contributed by atoms with Gasteiger partial charge >= 0.3 is 6.03 Å². The van der Waals surface area contributed by atoms with Gasteiger partial charge in [-0.15, -0.1) is 0 Å². The lowest BCUT2D eigenvalue weighted by molar-refractivity contribution is 0.259. The summed E-state index contributed by atoms with van der Waals surface area (Å²) in [6, 6.07) is 8.70. The average molecular weight is 460 g/mol. The van der Waals surface area contributed by atoms with E-state index in [0.717, 1.165) is 25.2 Å². The van der Waals surface area contributed by atoms with Gasteiger partial charge in [-0.3, -0.25) is 10.1 Å². The quantitative estimate of drug-likeness (QED) is 0.359. The summed E-state index contributed by atoms with van der Waals surface area (Å²) >= 11 is 0. The third-order valence-corrected chi connectivity index (χ3v) is 5.70. The van der Waals surface area contributed by atoms with Crippen molar-refractivity contribution < 1.29 is 4.79 Å². The lowest BCUT2D eigenvalue weighted by atomic mass is 10.0. The van der Waals surface area contributed by atoms with Gasteiger partial charge in [-0.25, -0.2) is 24.1 Å². The molecule has 0 unspecified atom stereocenters. The third kappa shape index (κ3) is 3.97. The molecule has 0 saturated carbocycles. The number of urea groups is 1. The highest BCUT2D eigenvalue weighted by Gasteiger charge is 2.20. The van der Waals surface area contributed by atoms with Gasteiger partial charge in [0.2, 0.25) is 5.95 Å². The van der Waals surface area contributed by atoms with Crippen molar-refractivity contribution in [2.45, 2.75) is 32.9 Å². The van der Waals surface area contributed by atoms with Crippen LogP contribution in [-0.4, -0.2) is 36.9 Å². The molecule has 11 nitrogen and oxygen atoms in total. The Morgan fingerprint density at radius 1 is 1.18 bits per heavy atom. The number of fused-ring (bicyclic) bond motifs is 2. The molecule has 0 atom stereocenters. The molecule has 1 aromatic carbocycles. The number of hydrogen-bond donors (Lipinski definition) is 4. The van der Waals surface area contributed by atoms with Crippen LogP contribution in [-0.2, 0) is 13.0 Å². The number of benzene rings is 1. The number of anilines is 3. The minimum Gasteiger partial charge on any atom is -0.351 e. The molecule has 34 heavy (non-hydrogen) atoms. The van der Waals surface area contributed by atoms with E-state index in [9.17, 15) is 9.59 Å². The molecule has 2 amide bonds. The predicted molar refractivity (Wildman–Crippen MR) is 130 cm³/mol. The molecule has 5 N–H and O–H groups in total. The Labute approximate surface area is 195 Å². The van der Waals surface area contributed by atoms with Gasteiger partial charge in [-0.1, -0.05) is 6.07 Å². The van der Waals surface area contributed by atoms with Crippen LogP contribution in [0.4, 0.5) is 22.2 Å². The lowest BCUT2D eigenvalue weighted by Gasteiger charge is -2.18. The van der Waals surface area contributed by atoms with E-state index in [-0.39, 0.29) is 17.4 Å². The minimum atomic E-state index is -0.725. The summed E-state index contributed by atoms with van der Waals surface area (Å²) in [5.74, 6) is 0.639. The zero-order chi connectivity index (χ0) is 23.8. The number of carbonyl (C=O) groups is 1. The first-order valence-corrected chi connectivity index (χ1v) is 11.0. The monoisotopic (exact) mass is 459 g/mol. The van der Waals surface area contributed by atoms with Crippen molar-refractivity contribution in [3.05, 3.63) is 64.2 Å². The average Bonchev–Trinajstić information content (AvgIpc) is 3.11. The summed E-state index contributed by atoms with van der Waals surface area (Å²) in [5, 5.41) is 9.49. The number of hydrogen-bond acceptors (Lipinski definition) is 7. The Balaban J connectivity index is 1.60. The van der Waals surface area contributed by atoms with E-state index in [0.29, 0.717) is 22.7 Å². The first-order chi connectivity index (χ1) is 16.4. The lowest BCUT2D eigenvalue weighted by Crippen LogP contribution is -2.24. The Kier molecular flexibility index (Phi) is 5.46. The van der Waals surface area contributed by atoms with Gasteiger partial charge in [0, 0.05) is 36.7 Å². The number of pyridine rings is 1. The topological polar surface area (TPSA) is 145 Å². The van der Waals surface area contributed by atoms with Gasteiger partial charge in [-0.2, -0.15) is 4.98 Å². The van der Waals surface area contributed by atoms with Crippen LogP contribution in [0.2, 0.25) is 0 Å². The number of nitrogens with two attached hydrogens (primary N) is 1. The van der Waals surface area contributed by atoms with Gasteiger partial charge in [0.15, 0.2) is 5.65 Å². The molecule has 0 fully saturated rings. The standard InChI is InChI=1S/C23H25N9O2/c1-13(2)31-21(33)18-12-27-23(28-16-4-3-14-5-7-25-11-15(14)9-16)30-20(18)32(31)17-6-8-26-19(10-17)29-22(24)34/h3-4,6,8-10,12-13,25H,5,7,11H2,1-2H3,(H,27,28,30)(H3,24,26,29,34). The summed E-state index contributed by atoms with van der Waals surface area (Å²) in [7, 11) is 0. The van der Waals surface area contributed by atoms with Crippen molar-refractivity contribution in [2.24, 2.45) is 5.73 Å². The molecular formula is C23H25N9O2. The van der Waals surface area contributed by atoms with Crippen LogP contribution in [0.5, 0.6) is 0 Å². The van der Waals surface area contributed by atoms with Crippen LogP contribution >= 0.6 is 0 Å². The van der Waals surface area contributed by atoms with Gasteiger partial charge in [-0.05, 0) is 56.1 Å². The summed E-state index contributed by atoms with van der Waals surface area (Å²) < 4.78 is 3.30. The first kappa shape index (κ1) is 21.6. The zero-order valence-electron chi connectivity index (χ0n) is 18.9. The van der Waals surface area contributed by atoms with Crippen LogP contribution in [0.25, 0.3) is 16.7 Å². The third-order valence-electron chi connectivity index (χ3n) is 5.70. The Hall–Kier alpha value is -4.25. The van der Waals surface area contributed by atoms with Crippen LogP contribution in [0.1, 0.15) is 31.0 Å². The Morgan fingerprint density at radius 3 is 2.82 bits per heavy atom. The van der Waals surface area contributed by atoms with Crippen molar-refractivity contribution in [3.8, 4) is 5.69 Å². The molecule has 4 aromatic rings. The van der Waals surface area contributed by atoms with Crippen LogP contribution in [0.3, 0.4) is 0 Å². The fraction of sp³-hybridized carbons (Fsp3) is 0.261. The normalized spacial score (nSPS) is 13.1. The molecule has 0 saturated heterocycles. The fourth-order valence-corrected chi connectivity index (χ4v) is 4.21. The molecule has 0 aliphatic carbocycles. The second kappa shape index (κ2) is 8.60. The van der Waals surface area contributed by atoms with E-state index < -0.39 is 6.03 Å². The molecule has 0 bridgehead atoms. The highest BCUT2D eigenvalue weighted by Crippen LogP contribution is 2.24. The molecule has 1 aliphatic rings. The molecule has 174 valence electrons. The number of rotatable bonds is 5. The van der Waals surface area contributed by atoms with Gasteiger partial charge in [0.1, 0.15) is 11.2 Å². The second-order valence-electron chi connectivity index (χ2n) is 8.41. The minimum absolute atomic E-state index is 0.160. The molecule has 3 aromatic heterocycles. The first-order valence-electron chi connectivity index (χ1n) is 11.0. The van der Waals surface area contributed by atoms with E-state index in [4.69, 9.17) is 5.73 Å². The maximum absolute atomic E-state index is 13.2. The Morgan fingerprint density at radius 2 is 2.03 bits per heavy atom. The van der Waals surface area contributed by atoms with Gasteiger partial charge < -0.3 is 16.4 Å². The van der Waals surface area contributed by atoms with Gasteiger partial charge in [0.05, 0.1) is 5.69 Å². The summed E-state index contributed by atoms with van der Waals surface area (Å²) in [4.78, 5) is 37.7. The van der Waals surface area contributed by atoms with Crippen LogP contribution in [0, 0.1) is 0 Å². The van der Waals surface area contributed by atoms with Crippen molar-refractivity contribution in [1.29, 1.82) is 0 Å². The summed E-state index contributed by atoms with van der Waals surface area (Å²) in [6.07, 6.45) is 4.07. The maximum Gasteiger partial charge on any atom is 0.317 e. The van der Waals surface area contributed by atoms with E-state index >= 15 is 0 Å². The smallest absolute Gasteiger partial charge is 0.317 e. The highest BCUT2D eigenvalue weighted by atomic mass is 16.2. The number of aromatic nitrogens is 5.